The van der Waals surface area contributed by atoms with Crippen molar-refractivity contribution in [2.45, 2.75) is 45.5 Å². The summed E-state index contributed by atoms with van der Waals surface area (Å²) in [6.45, 7) is 5.41. The number of para-hydroxylation sites is 1. The molecule has 2 aromatic carbocycles. The summed E-state index contributed by atoms with van der Waals surface area (Å²) < 4.78 is 19.2. The van der Waals surface area contributed by atoms with Crippen molar-refractivity contribution in [3.63, 3.8) is 0 Å². The van der Waals surface area contributed by atoms with Gasteiger partial charge >= 0.3 is 5.97 Å². The van der Waals surface area contributed by atoms with Crippen LogP contribution in [0.15, 0.2) is 54.7 Å². The lowest BCUT2D eigenvalue weighted by atomic mass is 9.97. The van der Waals surface area contributed by atoms with Crippen molar-refractivity contribution < 1.29 is 18.7 Å². The molecule has 4 rings (SSSR count). The number of halogens is 1. The predicted octanol–water partition coefficient (Wildman–Crippen LogP) is 3.90. The third-order valence-electron chi connectivity index (χ3n) is 5.70. The Bertz CT molecular complexity index is 1190. The van der Waals surface area contributed by atoms with Crippen molar-refractivity contribution in [3.05, 3.63) is 71.7 Å². The molecule has 8 heteroatoms. The topological polar surface area (TPSA) is 106 Å². The van der Waals surface area contributed by atoms with E-state index in [0.29, 0.717) is 17.5 Å². The van der Waals surface area contributed by atoms with Crippen LogP contribution in [0.4, 0.5) is 10.1 Å². The van der Waals surface area contributed by atoms with Gasteiger partial charge in [0.1, 0.15) is 5.82 Å². The molecule has 0 aliphatic carbocycles. The van der Waals surface area contributed by atoms with E-state index in [9.17, 15) is 14.0 Å². The van der Waals surface area contributed by atoms with Crippen LogP contribution in [-0.4, -0.2) is 29.1 Å². The molecule has 0 saturated carbocycles. The van der Waals surface area contributed by atoms with Crippen LogP contribution in [0.3, 0.4) is 0 Å². The molecule has 3 atom stereocenters. The Hall–Kier alpha value is -3.52. The van der Waals surface area contributed by atoms with Crippen molar-refractivity contribution in [3.8, 4) is 0 Å². The Morgan fingerprint density at radius 2 is 1.88 bits per heavy atom. The minimum absolute atomic E-state index is 0.184. The first-order valence-electron chi connectivity index (χ1n) is 10.8. The maximum absolute atomic E-state index is 13.5. The molecule has 7 nitrogen and oxygen atoms in total. The second kappa shape index (κ2) is 8.78. The Kier molecular flexibility index (Phi) is 6.03. The summed E-state index contributed by atoms with van der Waals surface area (Å²) in [6, 6.07) is 12.9. The zero-order chi connectivity index (χ0) is 23.8. The molecular formula is C25H27FN4O3. The second-order valence-electron chi connectivity index (χ2n) is 9.25. The number of carbonyl (C=O) groups is 2. The fourth-order valence-corrected chi connectivity index (χ4v) is 3.98. The lowest BCUT2D eigenvalue weighted by Crippen LogP contribution is -2.34. The van der Waals surface area contributed by atoms with E-state index in [0.717, 1.165) is 16.6 Å². The van der Waals surface area contributed by atoms with Crippen LogP contribution < -0.4 is 16.4 Å². The molecule has 2 heterocycles. The van der Waals surface area contributed by atoms with Gasteiger partial charge in [0, 0.05) is 23.7 Å². The van der Waals surface area contributed by atoms with E-state index < -0.39 is 17.6 Å². The van der Waals surface area contributed by atoms with Gasteiger partial charge in [-0.05, 0) is 50.6 Å². The number of ether oxygens (including phenoxy) is 1. The highest BCUT2D eigenvalue weighted by molar-refractivity contribution is 6.07. The van der Waals surface area contributed by atoms with E-state index >= 15 is 0 Å². The number of pyridine rings is 1. The van der Waals surface area contributed by atoms with Crippen LogP contribution in [0.5, 0.6) is 0 Å². The average molecular weight is 451 g/mol. The number of nitrogens with zero attached hydrogens (tertiary/aromatic N) is 1. The molecule has 33 heavy (non-hydrogen) atoms. The van der Waals surface area contributed by atoms with E-state index in [1.165, 1.54) is 12.1 Å². The first kappa shape index (κ1) is 22.7. The molecule has 1 aliphatic rings. The smallest absolute Gasteiger partial charge is 0.312 e. The quantitative estimate of drug-likeness (QED) is 0.509. The first-order valence-corrected chi connectivity index (χ1v) is 10.8. The van der Waals surface area contributed by atoms with Gasteiger partial charge in [0.25, 0.3) is 5.91 Å². The zero-order valence-electron chi connectivity index (χ0n) is 18.8. The van der Waals surface area contributed by atoms with E-state index in [1.54, 1.807) is 51.2 Å². The highest BCUT2D eigenvalue weighted by atomic mass is 19.1. The van der Waals surface area contributed by atoms with Gasteiger partial charge in [-0.1, -0.05) is 24.3 Å². The SMILES string of the molecule is CC(C)(C)C(=O)OC1CC(Nc2ccnc3c(C(N)=O)cccc23)C(c2ccc(F)cc2)N1. The maximum Gasteiger partial charge on any atom is 0.312 e. The predicted molar refractivity (Wildman–Crippen MR) is 124 cm³/mol. The van der Waals surface area contributed by atoms with Crippen molar-refractivity contribution in [2.24, 2.45) is 11.1 Å². The monoisotopic (exact) mass is 450 g/mol. The lowest BCUT2D eigenvalue weighted by Gasteiger charge is -2.23. The molecular weight excluding hydrogens is 423 g/mol. The third kappa shape index (κ3) is 4.80. The average Bonchev–Trinajstić information content (AvgIpc) is 3.15. The van der Waals surface area contributed by atoms with E-state index in [4.69, 9.17) is 10.5 Å². The number of carbonyl (C=O) groups excluding carboxylic acids is 2. The molecule has 1 fully saturated rings. The molecule has 0 bridgehead atoms. The summed E-state index contributed by atoms with van der Waals surface area (Å²) >= 11 is 0. The molecule has 1 aliphatic heterocycles. The van der Waals surface area contributed by atoms with Crippen molar-refractivity contribution >= 4 is 28.5 Å². The van der Waals surface area contributed by atoms with E-state index in [-0.39, 0.29) is 23.9 Å². The number of nitrogens with two attached hydrogens (primary N) is 1. The summed E-state index contributed by atoms with van der Waals surface area (Å²) in [5.41, 5.74) is 7.36. The normalized spacial score (nSPS) is 20.5. The maximum atomic E-state index is 13.5. The number of hydrogen-bond donors (Lipinski definition) is 3. The number of amides is 1. The molecule has 172 valence electrons. The summed E-state index contributed by atoms with van der Waals surface area (Å²) in [5, 5.41) is 7.63. The van der Waals surface area contributed by atoms with Crippen LogP contribution in [0.2, 0.25) is 0 Å². The Labute approximate surface area is 191 Å². The van der Waals surface area contributed by atoms with Gasteiger partial charge in [-0.2, -0.15) is 0 Å². The van der Waals surface area contributed by atoms with Crippen molar-refractivity contribution in [1.82, 2.24) is 10.3 Å². The van der Waals surface area contributed by atoms with Gasteiger partial charge in [0.2, 0.25) is 0 Å². The molecule has 0 radical (unpaired) electrons. The molecule has 1 saturated heterocycles. The van der Waals surface area contributed by atoms with Gasteiger partial charge in [-0.15, -0.1) is 0 Å². The molecule has 0 spiro atoms. The van der Waals surface area contributed by atoms with Crippen molar-refractivity contribution in [2.75, 3.05) is 5.32 Å². The van der Waals surface area contributed by atoms with E-state index in [2.05, 4.69) is 15.6 Å². The van der Waals surface area contributed by atoms with Gasteiger partial charge in [0.05, 0.1) is 28.6 Å². The van der Waals surface area contributed by atoms with Crippen LogP contribution in [0, 0.1) is 11.2 Å². The molecule has 1 aromatic heterocycles. The molecule has 3 aromatic rings. The number of fused-ring (bicyclic) bond motifs is 1. The summed E-state index contributed by atoms with van der Waals surface area (Å²) in [7, 11) is 0. The number of benzene rings is 2. The fraction of sp³-hybridized carbons (Fsp3) is 0.320. The number of hydrogen-bond acceptors (Lipinski definition) is 6. The van der Waals surface area contributed by atoms with Crippen LogP contribution in [-0.2, 0) is 9.53 Å². The number of anilines is 1. The summed E-state index contributed by atoms with van der Waals surface area (Å²) in [4.78, 5) is 28.6. The Morgan fingerprint density at radius 3 is 2.55 bits per heavy atom. The fourth-order valence-electron chi connectivity index (χ4n) is 3.98. The lowest BCUT2D eigenvalue weighted by molar-refractivity contribution is -0.159. The number of nitrogens with one attached hydrogen (secondary N) is 2. The van der Waals surface area contributed by atoms with Gasteiger partial charge < -0.3 is 15.8 Å². The Balaban J connectivity index is 1.66. The second-order valence-corrected chi connectivity index (χ2v) is 9.25. The first-order chi connectivity index (χ1) is 15.6. The van der Waals surface area contributed by atoms with Crippen LogP contribution in [0.1, 0.15) is 49.2 Å². The van der Waals surface area contributed by atoms with Gasteiger partial charge in [-0.25, -0.2) is 4.39 Å². The van der Waals surface area contributed by atoms with Crippen LogP contribution in [0.25, 0.3) is 10.9 Å². The minimum atomic E-state index is -0.634. The highest BCUT2D eigenvalue weighted by Crippen LogP contribution is 2.33. The number of esters is 1. The van der Waals surface area contributed by atoms with E-state index in [1.807, 2.05) is 12.1 Å². The number of rotatable bonds is 5. The summed E-state index contributed by atoms with van der Waals surface area (Å²) in [5.74, 6) is -1.18. The molecule has 3 unspecified atom stereocenters. The standard InChI is InChI=1S/C25H27FN4O3/c1-25(2,3)24(32)33-20-13-19(21(30-20)14-7-9-15(26)10-8-14)29-18-11-12-28-22-16(18)5-4-6-17(22)23(27)31/h4-12,19-21,30H,13H2,1-3H3,(H2,27,31)(H,28,29). The van der Waals surface area contributed by atoms with Crippen molar-refractivity contribution in [1.29, 1.82) is 0 Å². The number of primary amides is 1. The van der Waals surface area contributed by atoms with Gasteiger partial charge in [-0.3, -0.25) is 19.9 Å². The molecule has 4 N–H and O–H groups in total. The molecule has 1 amide bonds. The zero-order valence-corrected chi connectivity index (χ0v) is 18.8. The largest absolute Gasteiger partial charge is 0.446 e. The number of aromatic nitrogens is 1. The Morgan fingerprint density at radius 1 is 1.15 bits per heavy atom. The van der Waals surface area contributed by atoms with Crippen LogP contribution >= 0.6 is 0 Å². The third-order valence-corrected chi connectivity index (χ3v) is 5.70. The van der Waals surface area contributed by atoms with Gasteiger partial charge in [0.15, 0.2) is 6.23 Å². The summed E-state index contributed by atoms with van der Waals surface area (Å²) in [6.07, 6.45) is 1.59. The highest BCUT2D eigenvalue weighted by Gasteiger charge is 2.38. The minimum Gasteiger partial charge on any atom is -0.446 e.